The lowest BCUT2D eigenvalue weighted by Crippen LogP contribution is -2.09. The molecule has 0 unspecified atom stereocenters. The van der Waals surface area contributed by atoms with Crippen LogP contribution in [-0.2, 0) is 0 Å². The van der Waals surface area contributed by atoms with Gasteiger partial charge in [0.15, 0.2) is 11.5 Å². The maximum atomic E-state index is 9.71. The molecule has 0 fully saturated rings. The number of hydrogen-bond acceptors (Lipinski definition) is 4. The van der Waals surface area contributed by atoms with Crippen molar-refractivity contribution < 1.29 is 14.6 Å². The molecular formula is C12H18ClNO3. The molecule has 0 heterocycles. The number of benzene rings is 1. The van der Waals surface area contributed by atoms with Crippen molar-refractivity contribution in [3.8, 4) is 17.2 Å². The van der Waals surface area contributed by atoms with Crippen molar-refractivity contribution in [3.63, 3.8) is 0 Å². The lowest BCUT2D eigenvalue weighted by atomic mass is 10.0. The molecule has 0 radical (unpaired) electrons. The number of methoxy groups -OCH3 is 2. The van der Waals surface area contributed by atoms with Gasteiger partial charge in [-0.3, -0.25) is 0 Å². The summed E-state index contributed by atoms with van der Waals surface area (Å²) in [7, 11) is 2.97. The van der Waals surface area contributed by atoms with Crippen molar-refractivity contribution in [3.05, 3.63) is 30.4 Å². The number of nitrogens with two attached hydrogens (primary N) is 1. The topological polar surface area (TPSA) is 64.7 Å². The number of phenolic OH excluding ortho intramolecular Hbond substituents is 1. The van der Waals surface area contributed by atoms with Gasteiger partial charge < -0.3 is 20.3 Å². The van der Waals surface area contributed by atoms with E-state index in [4.69, 9.17) is 15.2 Å². The molecule has 1 aromatic rings. The fourth-order valence-corrected chi connectivity index (χ4v) is 1.44. The van der Waals surface area contributed by atoms with Crippen LogP contribution in [0.15, 0.2) is 24.8 Å². The third-order valence-corrected chi connectivity index (χ3v) is 2.35. The van der Waals surface area contributed by atoms with Gasteiger partial charge in [0.25, 0.3) is 0 Å². The van der Waals surface area contributed by atoms with Crippen LogP contribution < -0.4 is 15.2 Å². The van der Waals surface area contributed by atoms with Crippen LogP contribution in [0, 0.1) is 0 Å². The van der Waals surface area contributed by atoms with E-state index in [-0.39, 0.29) is 24.2 Å². The number of hydrogen-bond donors (Lipinski definition) is 2. The molecule has 1 rings (SSSR count). The fraction of sp³-hybridized carbons (Fsp3) is 0.333. The second-order valence-corrected chi connectivity index (χ2v) is 3.40. The molecule has 0 saturated heterocycles. The molecule has 0 amide bonds. The van der Waals surface area contributed by atoms with E-state index in [0.717, 1.165) is 5.56 Å². The summed E-state index contributed by atoms with van der Waals surface area (Å²) in [5.74, 6) is 0.697. The Morgan fingerprint density at radius 2 is 1.82 bits per heavy atom. The lowest BCUT2D eigenvalue weighted by Gasteiger charge is -2.14. The van der Waals surface area contributed by atoms with Crippen LogP contribution in [0.4, 0.5) is 0 Å². The average Bonchev–Trinajstić information content (AvgIpc) is 2.29. The van der Waals surface area contributed by atoms with Gasteiger partial charge in [0.1, 0.15) is 0 Å². The molecule has 0 bridgehead atoms. The summed E-state index contributed by atoms with van der Waals surface area (Å²) in [6.07, 6.45) is 2.40. The van der Waals surface area contributed by atoms with Gasteiger partial charge in [0.05, 0.1) is 14.2 Å². The number of ether oxygens (including phenoxy) is 2. The minimum absolute atomic E-state index is 0. The number of halogens is 1. The predicted octanol–water partition coefficient (Wildman–Crippen LogP) is 2.41. The first-order valence-electron chi connectivity index (χ1n) is 4.95. The maximum absolute atomic E-state index is 9.71. The van der Waals surface area contributed by atoms with Crippen LogP contribution >= 0.6 is 12.4 Å². The lowest BCUT2D eigenvalue weighted by molar-refractivity contribution is 0.338. The highest BCUT2D eigenvalue weighted by molar-refractivity contribution is 5.85. The van der Waals surface area contributed by atoms with Gasteiger partial charge in [-0.2, -0.15) is 0 Å². The zero-order valence-corrected chi connectivity index (χ0v) is 10.8. The Hall–Kier alpha value is -1.39. The Labute approximate surface area is 107 Å². The quantitative estimate of drug-likeness (QED) is 0.797. The van der Waals surface area contributed by atoms with Crippen molar-refractivity contribution in [2.45, 2.75) is 12.5 Å². The summed E-state index contributed by atoms with van der Waals surface area (Å²) in [5.41, 5.74) is 6.78. The molecule has 4 nitrogen and oxygen atoms in total. The number of aromatic hydroxyl groups is 1. The minimum atomic E-state index is -0.180. The van der Waals surface area contributed by atoms with Crippen LogP contribution in [0.2, 0.25) is 0 Å². The summed E-state index contributed by atoms with van der Waals surface area (Å²) in [6.45, 7) is 3.64. The normalized spacial score (nSPS) is 11.2. The van der Waals surface area contributed by atoms with Crippen molar-refractivity contribution in [1.29, 1.82) is 0 Å². The summed E-state index contributed by atoms with van der Waals surface area (Å²) < 4.78 is 10.1. The van der Waals surface area contributed by atoms with E-state index in [1.165, 1.54) is 14.2 Å². The largest absolute Gasteiger partial charge is 0.502 e. The summed E-state index contributed by atoms with van der Waals surface area (Å²) in [5, 5.41) is 9.71. The van der Waals surface area contributed by atoms with E-state index in [9.17, 15) is 5.11 Å². The Bertz CT molecular complexity index is 357. The van der Waals surface area contributed by atoms with Gasteiger partial charge in [-0.25, -0.2) is 0 Å². The van der Waals surface area contributed by atoms with E-state index < -0.39 is 0 Å². The highest BCUT2D eigenvalue weighted by atomic mass is 35.5. The highest BCUT2D eigenvalue weighted by Gasteiger charge is 2.14. The van der Waals surface area contributed by atoms with Crippen molar-refractivity contribution in [2.75, 3.05) is 14.2 Å². The van der Waals surface area contributed by atoms with Gasteiger partial charge >= 0.3 is 0 Å². The molecule has 96 valence electrons. The third-order valence-electron chi connectivity index (χ3n) is 2.35. The molecule has 0 aliphatic rings. The van der Waals surface area contributed by atoms with Gasteiger partial charge in [-0.1, -0.05) is 6.08 Å². The monoisotopic (exact) mass is 259 g/mol. The second-order valence-electron chi connectivity index (χ2n) is 3.40. The first-order chi connectivity index (χ1) is 7.63. The Morgan fingerprint density at radius 1 is 1.35 bits per heavy atom. The van der Waals surface area contributed by atoms with Crippen LogP contribution in [0.3, 0.4) is 0 Å². The standard InChI is InChI=1S/C12H17NO3.ClH/c1-4-5-9(13)8-6-10(15-2)12(14)11(7-8)16-3;/h4,6-7,9,14H,1,5,13H2,2-3H3;1H/t9-;/m1./s1. The minimum Gasteiger partial charge on any atom is -0.502 e. The zero-order chi connectivity index (χ0) is 12.1. The Balaban J connectivity index is 0.00000256. The molecule has 0 spiro atoms. The van der Waals surface area contributed by atoms with E-state index >= 15 is 0 Å². The molecule has 1 aromatic carbocycles. The average molecular weight is 260 g/mol. The fourth-order valence-electron chi connectivity index (χ4n) is 1.44. The summed E-state index contributed by atoms with van der Waals surface area (Å²) in [4.78, 5) is 0. The van der Waals surface area contributed by atoms with Crippen LogP contribution in [0.25, 0.3) is 0 Å². The molecule has 17 heavy (non-hydrogen) atoms. The third kappa shape index (κ3) is 3.54. The predicted molar refractivity (Wildman–Crippen MR) is 70.2 cm³/mol. The smallest absolute Gasteiger partial charge is 0.200 e. The van der Waals surface area contributed by atoms with Gasteiger partial charge in [-0.05, 0) is 24.1 Å². The molecule has 1 atom stereocenters. The molecule has 0 aliphatic carbocycles. The van der Waals surface area contributed by atoms with Crippen molar-refractivity contribution in [1.82, 2.24) is 0 Å². The van der Waals surface area contributed by atoms with E-state index in [1.807, 2.05) is 0 Å². The van der Waals surface area contributed by atoms with E-state index in [2.05, 4.69) is 6.58 Å². The highest BCUT2D eigenvalue weighted by Crippen LogP contribution is 2.38. The summed E-state index contributed by atoms with van der Waals surface area (Å²) in [6, 6.07) is 3.22. The van der Waals surface area contributed by atoms with Gasteiger partial charge in [-0.15, -0.1) is 19.0 Å². The van der Waals surface area contributed by atoms with Crippen LogP contribution in [0.1, 0.15) is 18.0 Å². The second kappa shape index (κ2) is 7.04. The molecular weight excluding hydrogens is 242 g/mol. The molecule has 3 N–H and O–H groups in total. The summed E-state index contributed by atoms with van der Waals surface area (Å²) >= 11 is 0. The van der Waals surface area contributed by atoms with Crippen LogP contribution in [0.5, 0.6) is 17.2 Å². The van der Waals surface area contributed by atoms with Crippen molar-refractivity contribution >= 4 is 12.4 Å². The Morgan fingerprint density at radius 3 is 2.18 bits per heavy atom. The van der Waals surface area contributed by atoms with Gasteiger partial charge in [0.2, 0.25) is 5.75 Å². The van der Waals surface area contributed by atoms with E-state index in [0.29, 0.717) is 17.9 Å². The SMILES string of the molecule is C=CC[C@@H](N)c1cc(OC)c(O)c(OC)c1.Cl. The number of rotatable bonds is 5. The molecule has 0 saturated carbocycles. The molecule has 5 heteroatoms. The maximum Gasteiger partial charge on any atom is 0.200 e. The van der Waals surface area contributed by atoms with Gasteiger partial charge in [0, 0.05) is 6.04 Å². The molecule has 0 aromatic heterocycles. The van der Waals surface area contributed by atoms with Crippen molar-refractivity contribution in [2.24, 2.45) is 5.73 Å². The first-order valence-corrected chi connectivity index (χ1v) is 4.95. The first kappa shape index (κ1) is 15.6. The molecule has 0 aliphatic heterocycles. The van der Waals surface area contributed by atoms with E-state index in [1.54, 1.807) is 18.2 Å². The van der Waals surface area contributed by atoms with Crippen LogP contribution in [-0.4, -0.2) is 19.3 Å². The zero-order valence-electron chi connectivity index (χ0n) is 9.97. The number of phenols is 1. The Kier molecular flexibility index (Phi) is 6.46.